The summed E-state index contributed by atoms with van der Waals surface area (Å²) in [6.07, 6.45) is 0. The van der Waals surface area contributed by atoms with Gasteiger partial charge in [0.2, 0.25) is 0 Å². The van der Waals surface area contributed by atoms with Crippen molar-refractivity contribution >= 4 is 13.4 Å². The predicted octanol–water partition coefficient (Wildman–Crippen LogP) is -5.61. The summed E-state index contributed by atoms with van der Waals surface area (Å²) >= 11 is 0. The van der Waals surface area contributed by atoms with Gasteiger partial charge in [0.1, 0.15) is 19.8 Å². The van der Waals surface area contributed by atoms with Gasteiger partial charge in [0.15, 0.2) is 19.8 Å². The summed E-state index contributed by atoms with van der Waals surface area (Å²) in [4.78, 5) is 14.8. The van der Waals surface area contributed by atoms with Crippen LogP contribution >= 0.6 is 0 Å². The molecule has 0 aliphatic carbocycles. The number of hydrogen-bond acceptors (Lipinski definition) is 10. The molecule has 0 aromatic heterocycles. The Hall–Kier alpha value is -1.78. The van der Waals surface area contributed by atoms with Crippen LogP contribution in [0.3, 0.4) is 0 Å². The lowest BCUT2D eigenvalue weighted by Gasteiger charge is -2.37. The van der Waals surface area contributed by atoms with E-state index < -0.39 is 52.6 Å². The Kier molecular flexibility index (Phi) is 9.07. The predicted molar refractivity (Wildman–Crippen MR) is 84.0 cm³/mol. The van der Waals surface area contributed by atoms with Gasteiger partial charge in [-0.1, -0.05) is 15.5 Å². The van der Waals surface area contributed by atoms with Crippen LogP contribution in [-0.2, 0) is 14.5 Å². The van der Waals surface area contributed by atoms with Crippen LogP contribution in [0.1, 0.15) is 0 Å². The van der Waals surface area contributed by atoms with Gasteiger partial charge < -0.3 is 37.9 Å². The van der Waals surface area contributed by atoms with Gasteiger partial charge in [0, 0.05) is 11.9 Å². The first-order valence-corrected chi connectivity index (χ1v) is 7.34. The lowest BCUT2D eigenvalue weighted by atomic mass is 9.93. The quantitative estimate of drug-likeness (QED) is 0.0339. The Labute approximate surface area is 153 Å². The number of aliphatic hydroxyl groups is 1. The fraction of sp³-hybridized carbons (Fsp3) is 0.778. The topological polar surface area (TPSA) is 234 Å². The van der Waals surface area contributed by atoms with Crippen LogP contribution in [0, 0.1) is 21.0 Å². The minimum atomic E-state index is -1.54. The number of nitrogens with two attached hydrogens (primary N) is 1. The molecule has 18 nitrogen and oxygen atoms in total. The molecule has 27 heavy (non-hydrogen) atoms. The summed E-state index contributed by atoms with van der Waals surface area (Å²) in [7, 11) is 0. The number of rotatable bonds is 15. The van der Waals surface area contributed by atoms with Crippen LogP contribution in [-0.4, -0.2) is 67.6 Å². The highest BCUT2D eigenvalue weighted by Crippen LogP contribution is 2.19. The first-order chi connectivity index (χ1) is 12.7. The van der Waals surface area contributed by atoms with Crippen LogP contribution in [0.5, 0.6) is 0 Å². The van der Waals surface area contributed by atoms with Gasteiger partial charge in [0.05, 0.1) is 17.2 Å². The molecule has 0 spiro atoms. The van der Waals surface area contributed by atoms with Crippen LogP contribution < -0.4 is 21.8 Å². The van der Waals surface area contributed by atoms with Gasteiger partial charge in [-0.25, -0.2) is 0 Å². The third kappa shape index (κ3) is 7.04. The van der Waals surface area contributed by atoms with E-state index in [1.807, 2.05) is 0 Å². The molecular weight excluding hydrogens is 374 g/mol. The molecule has 4 unspecified atom stereocenters. The van der Waals surface area contributed by atoms with E-state index in [9.17, 15) is 20.7 Å². The van der Waals surface area contributed by atoms with Crippen molar-refractivity contribution in [2.75, 3.05) is 39.5 Å². The molecule has 1 aliphatic rings. The molecule has 1 aliphatic heterocycles. The van der Waals surface area contributed by atoms with Crippen molar-refractivity contribution < 1.29 is 45.1 Å². The second kappa shape index (κ2) is 10.5. The summed E-state index contributed by atoms with van der Waals surface area (Å²) < 4.78 is -0.445. The minimum Gasteiger partial charge on any atom is -0.571 e. The molecular formula is C9H23N11O7. The molecule has 0 amide bonds. The molecule has 0 aromatic carbocycles. The zero-order valence-electron chi connectivity index (χ0n) is 14.3. The number of nitrogens with zero attached hydrogens (tertiary/aromatic N) is 6. The summed E-state index contributed by atoms with van der Waals surface area (Å²) in [5.74, 6) is 12.2. The third-order valence-corrected chi connectivity index (χ3v) is 3.46. The average molecular weight is 397 g/mol. The largest absolute Gasteiger partial charge is 0.571 e. The van der Waals surface area contributed by atoms with E-state index >= 15 is 0 Å². The van der Waals surface area contributed by atoms with Gasteiger partial charge in [-0.3, -0.25) is 0 Å². The lowest BCUT2D eigenvalue weighted by molar-refractivity contribution is -1.50. The van der Waals surface area contributed by atoms with Crippen LogP contribution in [0.2, 0.25) is 0 Å². The van der Waals surface area contributed by atoms with Crippen molar-refractivity contribution in [1.82, 2.24) is 0 Å². The Bertz CT molecular complexity index is 520. The molecule has 1 rings (SSSR count). The molecule has 0 radical (unpaired) electrons. The highest BCUT2D eigenvalue weighted by Gasteiger charge is 2.45. The highest BCUT2D eigenvalue weighted by molar-refractivity contribution is 5.22. The fourth-order valence-corrected chi connectivity index (χ4v) is 1.64. The van der Waals surface area contributed by atoms with Gasteiger partial charge in [-0.15, -0.1) is 9.94 Å². The molecule has 0 aromatic rings. The number of nitrogens with one attached hydrogen (secondary N) is 4. The van der Waals surface area contributed by atoms with E-state index in [0.29, 0.717) is 13.1 Å². The van der Waals surface area contributed by atoms with Gasteiger partial charge in [0.25, 0.3) is 0 Å². The van der Waals surface area contributed by atoms with Crippen molar-refractivity contribution in [2.45, 2.75) is 0 Å². The summed E-state index contributed by atoms with van der Waals surface area (Å²) in [5.41, 5.74) is 1.87. The number of hydrogen-bond donors (Lipinski definition) is 5. The maximum absolute atomic E-state index is 12.0. The van der Waals surface area contributed by atoms with Crippen molar-refractivity contribution in [3.63, 3.8) is 0 Å². The summed E-state index contributed by atoms with van der Waals surface area (Å²) in [5, 5.41) is 50.5. The standard InChI is InChI=1S/C9H23N11O7/c1-12-14-15-17(22)25-6-9(5-21,7-26-18(23)16(2)11)8-27-19(24)20(13-10)3-4-20/h11,17-19,21H,1-8,10H2/b15-14+,16-11?. The molecule has 18 heteroatoms. The molecule has 0 bridgehead atoms. The van der Waals surface area contributed by atoms with E-state index in [0.717, 1.165) is 0 Å². The van der Waals surface area contributed by atoms with Gasteiger partial charge in [-0.05, 0) is 5.34 Å². The second-order valence-corrected chi connectivity index (χ2v) is 5.57. The van der Waals surface area contributed by atoms with Crippen LogP contribution in [0.25, 0.3) is 11.4 Å². The molecule has 0 saturated carbocycles. The van der Waals surface area contributed by atoms with Crippen molar-refractivity contribution in [3.05, 3.63) is 27.0 Å². The monoisotopic (exact) mass is 397 g/mol. The number of aliphatic hydroxyl groups excluding tert-OH is 1. The van der Waals surface area contributed by atoms with Gasteiger partial charge in [-0.2, -0.15) is 14.4 Å². The summed E-state index contributed by atoms with van der Waals surface area (Å²) in [6.45, 7) is 4.37. The molecule has 1 fully saturated rings. The first kappa shape index (κ1) is 23.3. The minimum absolute atomic E-state index is 0.160. The molecule has 4 atom stereocenters. The Balaban J connectivity index is 2.76. The van der Waals surface area contributed by atoms with E-state index in [1.165, 1.54) is 0 Å². The fourth-order valence-electron chi connectivity index (χ4n) is 1.64. The molecule has 1 saturated heterocycles. The maximum atomic E-state index is 12.0. The zero-order valence-corrected chi connectivity index (χ0v) is 14.3. The molecule has 1 heterocycles. The smallest absolute Gasteiger partial charge is 0.187 e. The zero-order chi connectivity index (χ0) is 20.5. The number of quaternary nitrogens is 4. The van der Waals surface area contributed by atoms with Crippen LogP contribution in [0.15, 0.2) is 15.5 Å². The van der Waals surface area contributed by atoms with E-state index in [-0.39, 0.29) is 4.79 Å². The normalized spacial score (nSPS) is 21.4. The SMILES string of the molecule is C=N/N=N/[NH+]([O-])OCC(CO)(CO[NH+]([O-])[N+](=C)[NH-])CO[NH+]([O-])[N+]1([N-]N)CC1. The van der Waals surface area contributed by atoms with Crippen molar-refractivity contribution in [3.8, 4) is 0 Å². The van der Waals surface area contributed by atoms with Crippen LogP contribution in [0.4, 0.5) is 0 Å². The van der Waals surface area contributed by atoms with Gasteiger partial charge >= 0.3 is 0 Å². The molecule has 7 N–H and O–H groups in total. The van der Waals surface area contributed by atoms with E-state index in [4.69, 9.17) is 26.2 Å². The highest BCUT2D eigenvalue weighted by atomic mass is 16.9. The summed E-state index contributed by atoms with van der Waals surface area (Å²) in [6, 6.07) is 0. The van der Waals surface area contributed by atoms with Crippen molar-refractivity contribution in [2.24, 2.45) is 26.8 Å². The average Bonchev–Trinajstić information content (AvgIpc) is 3.46. The first-order valence-electron chi connectivity index (χ1n) is 7.34. The Morgan fingerprint density at radius 3 is 2.33 bits per heavy atom. The lowest BCUT2D eigenvalue weighted by Crippen LogP contribution is -3.15. The van der Waals surface area contributed by atoms with Crippen molar-refractivity contribution in [1.29, 1.82) is 0 Å². The Morgan fingerprint density at radius 2 is 1.85 bits per heavy atom. The Morgan fingerprint density at radius 1 is 1.26 bits per heavy atom. The maximum Gasteiger partial charge on any atom is 0.187 e. The second-order valence-electron chi connectivity index (χ2n) is 5.57. The van der Waals surface area contributed by atoms with E-state index in [1.54, 1.807) is 0 Å². The van der Waals surface area contributed by atoms with E-state index in [2.05, 4.69) is 34.5 Å². The molecule has 156 valence electrons. The third-order valence-electron chi connectivity index (χ3n) is 3.46.